The number of fused-ring (bicyclic) bond motifs is 1. The van der Waals surface area contributed by atoms with Gasteiger partial charge in [0.2, 0.25) is 19.2 Å². The molecule has 2 heterocycles. The molecule has 14 heteroatoms. The first-order valence-electron chi connectivity index (χ1n) is 14.1. The van der Waals surface area contributed by atoms with E-state index in [1.807, 2.05) is 0 Å². The van der Waals surface area contributed by atoms with Gasteiger partial charge in [0.05, 0.1) is 5.56 Å². The molecule has 0 bridgehead atoms. The van der Waals surface area contributed by atoms with Crippen molar-refractivity contribution in [3.8, 4) is 23.0 Å². The van der Waals surface area contributed by atoms with Crippen LogP contribution >= 0.6 is 0 Å². The van der Waals surface area contributed by atoms with Crippen LogP contribution in [0.5, 0.6) is 23.0 Å². The maximum atomic E-state index is 13.2. The second-order valence-corrected chi connectivity index (χ2v) is 10.3. The van der Waals surface area contributed by atoms with Crippen molar-refractivity contribution in [2.24, 2.45) is 0 Å². The summed E-state index contributed by atoms with van der Waals surface area (Å²) in [6, 6.07) is 7.95. The Morgan fingerprint density at radius 3 is 2.11 bits per heavy atom. The Hall–Kier alpha value is -4.85. The number of esters is 4. The molecule has 1 N–H and O–H groups in total. The molecule has 0 aromatic heterocycles. The highest BCUT2D eigenvalue weighted by Crippen LogP contribution is 2.37. The number of ketones is 1. The van der Waals surface area contributed by atoms with Crippen LogP contribution in [0.25, 0.3) is 0 Å². The van der Waals surface area contributed by atoms with E-state index in [1.54, 1.807) is 25.1 Å². The molecule has 5 atom stereocenters. The third kappa shape index (κ3) is 8.01. The fourth-order valence-electron chi connectivity index (χ4n) is 5.04. The lowest BCUT2D eigenvalue weighted by Crippen LogP contribution is -2.63. The van der Waals surface area contributed by atoms with Crippen LogP contribution < -0.4 is 14.2 Å². The molecule has 0 unspecified atom stereocenters. The third-order valence-corrected chi connectivity index (χ3v) is 6.89. The second-order valence-electron chi connectivity index (χ2n) is 10.3. The van der Waals surface area contributed by atoms with E-state index >= 15 is 0 Å². The zero-order chi connectivity index (χ0) is 32.8. The molecule has 242 valence electrons. The Labute approximate surface area is 258 Å². The first-order valence-corrected chi connectivity index (χ1v) is 14.1. The van der Waals surface area contributed by atoms with Gasteiger partial charge in [-0.2, -0.15) is 0 Å². The monoisotopic (exact) mass is 630 g/mol. The van der Waals surface area contributed by atoms with Crippen LogP contribution in [0.3, 0.4) is 0 Å². The first-order chi connectivity index (χ1) is 21.4. The number of phenols is 1. The van der Waals surface area contributed by atoms with Gasteiger partial charge < -0.3 is 43.0 Å². The normalized spacial score (nSPS) is 21.8. The van der Waals surface area contributed by atoms with E-state index in [1.165, 1.54) is 12.1 Å². The van der Waals surface area contributed by atoms with Crippen molar-refractivity contribution < 1.29 is 67.0 Å². The number of aromatic hydroxyl groups is 1. The molecule has 2 aliphatic rings. The van der Waals surface area contributed by atoms with Gasteiger partial charge in [0, 0.05) is 39.7 Å². The smallest absolute Gasteiger partial charge is 0.303 e. The molecule has 0 amide bonds. The van der Waals surface area contributed by atoms with E-state index in [2.05, 4.69) is 0 Å². The van der Waals surface area contributed by atoms with Gasteiger partial charge in [0.25, 0.3) is 0 Å². The highest BCUT2D eigenvalue weighted by Gasteiger charge is 2.53. The van der Waals surface area contributed by atoms with Gasteiger partial charge in [-0.25, -0.2) is 0 Å². The topological polar surface area (TPSA) is 179 Å². The lowest BCUT2D eigenvalue weighted by atomic mass is 9.97. The second kappa shape index (κ2) is 14.3. The van der Waals surface area contributed by atoms with Crippen LogP contribution in [-0.4, -0.2) is 78.9 Å². The molecule has 0 saturated carbocycles. The summed E-state index contributed by atoms with van der Waals surface area (Å²) in [7, 11) is 0. The van der Waals surface area contributed by atoms with Crippen LogP contribution in [0.2, 0.25) is 0 Å². The van der Waals surface area contributed by atoms with Crippen molar-refractivity contribution in [1.29, 1.82) is 0 Å². The summed E-state index contributed by atoms with van der Waals surface area (Å²) in [5.41, 5.74) is 0.928. The average Bonchev–Trinajstić information content (AvgIpc) is 3.42. The predicted molar refractivity (Wildman–Crippen MR) is 151 cm³/mol. The lowest BCUT2D eigenvalue weighted by Gasteiger charge is -2.44. The van der Waals surface area contributed by atoms with E-state index in [0.29, 0.717) is 17.1 Å². The quantitative estimate of drug-likeness (QED) is 0.217. The van der Waals surface area contributed by atoms with E-state index in [0.717, 1.165) is 27.7 Å². The van der Waals surface area contributed by atoms with Gasteiger partial charge in [0.1, 0.15) is 24.2 Å². The first kappa shape index (κ1) is 33.1. The van der Waals surface area contributed by atoms with Gasteiger partial charge in [-0.05, 0) is 36.2 Å². The molecular formula is C31H34O14. The molecule has 14 nitrogen and oxygen atoms in total. The van der Waals surface area contributed by atoms with E-state index in [9.17, 15) is 29.1 Å². The number of phenolic OH excluding ortho intramolecular Hbond substituents is 1. The number of carbonyl (C=O) groups excluding carboxylic acids is 5. The highest BCUT2D eigenvalue weighted by molar-refractivity contribution is 6.00. The highest BCUT2D eigenvalue weighted by atomic mass is 16.7. The Morgan fingerprint density at radius 1 is 0.822 bits per heavy atom. The minimum Gasteiger partial charge on any atom is -0.507 e. The van der Waals surface area contributed by atoms with E-state index in [-0.39, 0.29) is 48.0 Å². The summed E-state index contributed by atoms with van der Waals surface area (Å²) in [6.07, 6.45) is -6.82. The number of ether oxygens (including phenoxy) is 8. The van der Waals surface area contributed by atoms with Crippen molar-refractivity contribution in [2.75, 3.05) is 13.4 Å². The van der Waals surface area contributed by atoms with E-state index in [4.69, 9.17) is 37.9 Å². The van der Waals surface area contributed by atoms with Crippen LogP contribution in [0.1, 0.15) is 56.1 Å². The molecule has 0 radical (unpaired) electrons. The standard InChI is InChI=1S/C31H34O14/c1-6-20-23(10-8-21(27(20)37)22(36)11-19-7-9-24-25(12-19)40-14-39-24)44-31-30(43-18(5)35)29(42-17(4)34)28(41-16(3)33)26(45-31)13-38-15(2)32/h7-10,12,26,28-31,37H,6,11,13-14H2,1-5H3/t26-,28+,29+,30+,31+/m0/s1. The molecule has 0 spiro atoms. The molecule has 4 rings (SSSR count). The van der Waals surface area contributed by atoms with Crippen molar-refractivity contribution in [3.63, 3.8) is 0 Å². The largest absolute Gasteiger partial charge is 0.507 e. The van der Waals surface area contributed by atoms with Crippen molar-refractivity contribution in [2.45, 2.75) is 78.2 Å². The Bertz CT molecular complexity index is 1470. The maximum Gasteiger partial charge on any atom is 0.303 e. The molecule has 1 fully saturated rings. The fourth-order valence-corrected chi connectivity index (χ4v) is 5.04. The van der Waals surface area contributed by atoms with Gasteiger partial charge in [0.15, 0.2) is 29.5 Å². The van der Waals surface area contributed by atoms with Gasteiger partial charge >= 0.3 is 23.9 Å². The summed E-state index contributed by atoms with van der Waals surface area (Å²) in [6.45, 7) is 5.87. The Kier molecular flexibility index (Phi) is 10.5. The maximum absolute atomic E-state index is 13.2. The zero-order valence-electron chi connectivity index (χ0n) is 25.4. The fraction of sp³-hybridized carbons (Fsp3) is 0.452. The molecule has 2 aliphatic heterocycles. The lowest BCUT2D eigenvalue weighted by molar-refractivity contribution is -0.288. The summed E-state index contributed by atoms with van der Waals surface area (Å²) >= 11 is 0. The number of hydrogen-bond acceptors (Lipinski definition) is 14. The SMILES string of the molecule is CCc1c(O[C@@H]2O[C@@H](COC(C)=O)[C@@H](OC(C)=O)[C@@H](OC(C)=O)[C@H]2OC(C)=O)ccc(C(=O)Cc2ccc3c(c2)OCO3)c1O. The van der Waals surface area contributed by atoms with Gasteiger partial charge in [-0.1, -0.05) is 13.0 Å². The number of hydrogen-bond donors (Lipinski definition) is 1. The molecule has 2 aromatic rings. The Balaban J connectivity index is 1.65. The number of benzene rings is 2. The van der Waals surface area contributed by atoms with Crippen molar-refractivity contribution in [3.05, 3.63) is 47.0 Å². The number of carbonyl (C=O) groups is 5. The average molecular weight is 631 g/mol. The van der Waals surface area contributed by atoms with Crippen LogP contribution in [0.15, 0.2) is 30.3 Å². The molecule has 45 heavy (non-hydrogen) atoms. The van der Waals surface area contributed by atoms with E-state index < -0.39 is 61.2 Å². The number of Topliss-reactive ketones (excluding diaryl/α,β-unsaturated/α-hetero) is 1. The zero-order valence-corrected chi connectivity index (χ0v) is 25.4. The summed E-state index contributed by atoms with van der Waals surface area (Å²) in [5, 5.41) is 11.2. The number of rotatable bonds is 11. The Morgan fingerprint density at radius 2 is 1.47 bits per heavy atom. The predicted octanol–water partition coefficient (Wildman–Crippen LogP) is 2.57. The van der Waals surface area contributed by atoms with Crippen LogP contribution in [-0.2, 0) is 55.7 Å². The van der Waals surface area contributed by atoms with Gasteiger partial charge in [-0.3, -0.25) is 24.0 Å². The van der Waals surface area contributed by atoms with Crippen molar-refractivity contribution in [1.82, 2.24) is 0 Å². The summed E-state index contributed by atoms with van der Waals surface area (Å²) in [5.74, 6) is -2.56. The third-order valence-electron chi connectivity index (χ3n) is 6.89. The van der Waals surface area contributed by atoms with Crippen LogP contribution in [0, 0.1) is 0 Å². The minimum atomic E-state index is -1.51. The van der Waals surface area contributed by atoms with Crippen LogP contribution in [0.4, 0.5) is 0 Å². The molecular weight excluding hydrogens is 596 g/mol. The summed E-state index contributed by atoms with van der Waals surface area (Å²) < 4.78 is 44.1. The molecule has 0 aliphatic carbocycles. The minimum absolute atomic E-state index is 0.0345. The van der Waals surface area contributed by atoms with Gasteiger partial charge in [-0.15, -0.1) is 0 Å². The van der Waals surface area contributed by atoms with Crippen molar-refractivity contribution >= 4 is 29.7 Å². The molecule has 2 aromatic carbocycles. The molecule has 1 saturated heterocycles. The summed E-state index contributed by atoms with van der Waals surface area (Å²) in [4.78, 5) is 61.0.